The molecule has 0 radical (unpaired) electrons. The third kappa shape index (κ3) is 1.61. The van der Waals surface area contributed by atoms with E-state index in [2.05, 4.69) is 15.1 Å². The van der Waals surface area contributed by atoms with E-state index in [-0.39, 0.29) is 11.4 Å². The predicted octanol–water partition coefficient (Wildman–Crippen LogP) is -0.165. The molecule has 96 valence electrons. The molecule has 0 aliphatic heterocycles. The number of fused-ring (bicyclic) bond motifs is 1. The molecule has 3 rings (SSSR count). The molecule has 3 aromatic heterocycles. The van der Waals surface area contributed by atoms with Crippen molar-refractivity contribution >= 4 is 22.6 Å². The lowest BCUT2D eigenvalue weighted by Gasteiger charge is -2.01. The van der Waals surface area contributed by atoms with E-state index in [0.29, 0.717) is 11.3 Å². The Kier molecular flexibility index (Phi) is 2.24. The normalized spacial score (nSPS) is 11.0. The Hall–Kier alpha value is -2.90. The Balaban J connectivity index is 2.24. The van der Waals surface area contributed by atoms with Gasteiger partial charge in [0, 0.05) is 13.2 Å². The Labute approximate surface area is 107 Å². The van der Waals surface area contributed by atoms with Crippen molar-refractivity contribution in [2.75, 3.05) is 5.73 Å². The van der Waals surface area contributed by atoms with Gasteiger partial charge in [0.05, 0.1) is 23.7 Å². The van der Waals surface area contributed by atoms with Gasteiger partial charge in [0.1, 0.15) is 5.52 Å². The van der Waals surface area contributed by atoms with Gasteiger partial charge in [-0.1, -0.05) is 0 Å². The van der Waals surface area contributed by atoms with Crippen molar-refractivity contribution in [2.45, 2.75) is 0 Å². The second kappa shape index (κ2) is 3.80. The molecule has 0 saturated carbocycles. The van der Waals surface area contributed by atoms with Crippen molar-refractivity contribution in [3.05, 3.63) is 30.5 Å². The second-order valence-electron chi connectivity index (χ2n) is 4.10. The topological polar surface area (TPSA) is 118 Å². The van der Waals surface area contributed by atoms with E-state index in [4.69, 9.17) is 11.5 Å². The Morgan fingerprint density at radius 2 is 2.16 bits per heavy atom. The molecule has 0 aliphatic carbocycles. The molecule has 0 aliphatic rings. The molecular formula is C11H11N7O. The van der Waals surface area contributed by atoms with Crippen LogP contribution in [0.4, 0.5) is 5.69 Å². The molecule has 3 aromatic rings. The van der Waals surface area contributed by atoms with Crippen LogP contribution in [0.3, 0.4) is 0 Å². The maximum absolute atomic E-state index is 11.2. The van der Waals surface area contributed by atoms with Gasteiger partial charge in [0.2, 0.25) is 0 Å². The summed E-state index contributed by atoms with van der Waals surface area (Å²) in [6.07, 6.45) is 4.81. The van der Waals surface area contributed by atoms with Crippen LogP contribution in [0.15, 0.2) is 24.8 Å². The standard InChI is InChI=1S/C11H11N7O/c1-17-5-15-9-7(17)2-3-14-11(9)18-4-6(12)8(16-18)10(13)19/h2-5H,12H2,1H3,(H2,13,19). The van der Waals surface area contributed by atoms with Gasteiger partial charge >= 0.3 is 0 Å². The number of carbonyl (C=O) groups excluding carboxylic acids is 1. The number of aryl methyl sites for hydroxylation is 1. The third-order valence-electron chi connectivity index (χ3n) is 2.82. The van der Waals surface area contributed by atoms with Crippen molar-refractivity contribution in [3.63, 3.8) is 0 Å². The molecule has 8 heteroatoms. The number of hydrogen-bond acceptors (Lipinski definition) is 5. The Bertz CT molecular complexity index is 786. The first-order valence-corrected chi connectivity index (χ1v) is 5.49. The summed E-state index contributed by atoms with van der Waals surface area (Å²) in [5.74, 6) is -0.179. The largest absolute Gasteiger partial charge is 0.396 e. The number of carbonyl (C=O) groups is 1. The summed E-state index contributed by atoms with van der Waals surface area (Å²) in [7, 11) is 1.88. The molecular weight excluding hydrogens is 246 g/mol. The van der Waals surface area contributed by atoms with Gasteiger partial charge in [-0.3, -0.25) is 4.79 Å². The average Bonchev–Trinajstić information content (AvgIpc) is 2.94. The van der Waals surface area contributed by atoms with Crippen LogP contribution in [0, 0.1) is 0 Å². The van der Waals surface area contributed by atoms with E-state index in [1.165, 1.54) is 10.9 Å². The lowest BCUT2D eigenvalue weighted by molar-refractivity contribution is 0.0996. The molecule has 0 bridgehead atoms. The van der Waals surface area contributed by atoms with E-state index in [0.717, 1.165) is 5.52 Å². The van der Waals surface area contributed by atoms with Gasteiger partial charge in [0.15, 0.2) is 11.5 Å². The Morgan fingerprint density at radius 3 is 2.84 bits per heavy atom. The molecule has 0 aromatic carbocycles. The second-order valence-corrected chi connectivity index (χ2v) is 4.10. The maximum Gasteiger partial charge on any atom is 0.271 e. The van der Waals surface area contributed by atoms with Gasteiger partial charge in [-0.05, 0) is 6.07 Å². The number of nitrogens with two attached hydrogens (primary N) is 2. The highest BCUT2D eigenvalue weighted by atomic mass is 16.1. The summed E-state index contributed by atoms with van der Waals surface area (Å²) in [6, 6.07) is 1.84. The number of pyridine rings is 1. The predicted molar refractivity (Wildman–Crippen MR) is 68.6 cm³/mol. The van der Waals surface area contributed by atoms with Crippen molar-refractivity contribution < 1.29 is 4.79 Å². The van der Waals surface area contributed by atoms with Crippen molar-refractivity contribution in [3.8, 4) is 5.82 Å². The number of hydrogen-bond donors (Lipinski definition) is 2. The van der Waals surface area contributed by atoms with E-state index >= 15 is 0 Å². The monoisotopic (exact) mass is 257 g/mol. The van der Waals surface area contributed by atoms with Gasteiger partial charge in [0.25, 0.3) is 5.91 Å². The summed E-state index contributed by atoms with van der Waals surface area (Å²) in [5, 5.41) is 4.04. The molecule has 0 saturated heterocycles. The first-order valence-electron chi connectivity index (χ1n) is 5.49. The van der Waals surface area contributed by atoms with Gasteiger partial charge < -0.3 is 16.0 Å². The highest BCUT2D eigenvalue weighted by Gasteiger charge is 2.15. The van der Waals surface area contributed by atoms with Gasteiger partial charge in [-0.2, -0.15) is 5.10 Å². The summed E-state index contributed by atoms with van der Waals surface area (Å²) < 4.78 is 3.27. The zero-order valence-electron chi connectivity index (χ0n) is 10.1. The van der Waals surface area contributed by atoms with E-state index < -0.39 is 5.91 Å². The number of nitrogen functional groups attached to an aromatic ring is 1. The SMILES string of the molecule is Cn1cnc2c(-n3cc(N)c(C(N)=O)n3)nccc21. The zero-order valence-corrected chi connectivity index (χ0v) is 10.1. The molecule has 3 heterocycles. The first kappa shape index (κ1) is 11.2. The molecule has 0 spiro atoms. The minimum Gasteiger partial charge on any atom is -0.396 e. The lowest BCUT2D eigenvalue weighted by Crippen LogP contribution is -2.14. The van der Waals surface area contributed by atoms with Crippen LogP contribution in [0.2, 0.25) is 0 Å². The first-order chi connectivity index (χ1) is 9.08. The summed E-state index contributed by atoms with van der Waals surface area (Å²) in [5.41, 5.74) is 12.7. The van der Waals surface area contributed by atoms with Crippen LogP contribution in [-0.4, -0.2) is 30.2 Å². The fourth-order valence-electron chi connectivity index (χ4n) is 1.90. The van der Waals surface area contributed by atoms with Gasteiger partial charge in [-0.15, -0.1) is 0 Å². The highest BCUT2D eigenvalue weighted by Crippen LogP contribution is 2.19. The molecule has 0 atom stereocenters. The summed E-state index contributed by atoms with van der Waals surface area (Å²) in [4.78, 5) is 19.6. The fourth-order valence-corrected chi connectivity index (χ4v) is 1.90. The number of rotatable bonds is 2. The molecule has 0 unspecified atom stereocenters. The lowest BCUT2D eigenvalue weighted by atomic mass is 10.3. The van der Waals surface area contributed by atoms with Crippen LogP contribution in [0.1, 0.15) is 10.5 Å². The summed E-state index contributed by atoms with van der Waals surface area (Å²) >= 11 is 0. The van der Waals surface area contributed by atoms with Crippen LogP contribution < -0.4 is 11.5 Å². The molecule has 19 heavy (non-hydrogen) atoms. The molecule has 1 amide bonds. The van der Waals surface area contributed by atoms with E-state index in [1.807, 2.05) is 17.7 Å². The van der Waals surface area contributed by atoms with Crippen LogP contribution in [0.25, 0.3) is 16.9 Å². The number of amides is 1. The smallest absolute Gasteiger partial charge is 0.271 e. The average molecular weight is 257 g/mol. The van der Waals surface area contributed by atoms with E-state index in [9.17, 15) is 4.79 Å². The number of imidazole rings is 1. The number of primary amides is 1. The number of aromatic nitrogens is 5. The quantitative estimate of drug-likeness (QED) is 0.661. The minimum atomic E-state index is -0.676. The fraction of sp³-hybridized carbons (Fsp3) is 0.0909. The number of anilines is 1. The van der Waals surface area contributed by atoms with Crippen molar-refractivity contribution in [2.24, 2.45) is 12.8 Å². The summed E-state index contributed by atoms with van der Waals surface area (Å²) in [6.45, 7) is 0. The van der Waals surface area contributed by atoms with Crippen LogP contribution in [0.5, 0.6) is 0 Å². The third-order valence-corrected chi connectivity index (χ3v) is 2.82. The molecule has 4 N–H and O–H groups in total. The van der Waals surface area contributed by atoms with Gasteiger partial charge in [-0.25, -0.2) is 14.6 Å². The molecule has 0 fully saturated rings. The minimum absolute atomic E-state index is 0.0229. The van der Waals surface area contributed by atoms with E-state index in [1.54, 1.807) is 12.5 Å². The number of nitrogens with zero attached hydrogens (tertiary/aromatic N) is 5. The maximum atomic E-state index is 11.2. The molecule has 8 nitrogen and oxygen atoms in total. The van der Waals surface area contributed by atoms with Crippen molar-refractivity contribution in [1.82, 2.24) is 24.3 Å². The highest BCUT2D eigenvalue weighted by molar-refractivity contribution is 5.96. The Morgan fingerprint density at radius 1 is 1.37 bits per heavy atom. The zero-order chi connectivity index (χ0) is 13.6. The van der Waals surface area contributed by atoms with Crippen LogP contribution >= 0.6 is 0 Å². The van der Waals surface area contributed by atoms with Crippen molar-refractivity contribution in [1.29, 1.82) is 0 Å². The van der Waals surface area contributed by atoms with Crippen LogP contribution in [-0.2, 0) is 7.05 Å².